The minimum absolute atomic E-state index is 0. The van der Waals surface area contributed by atoms with Gasteiger partial charge in [-0.3, -0.25) is 9.79 Å². The Morgan fingerprint density at radius 1 is 1.37 bits per heavy atom. The number of nitrogens with one attached hydrogen (secondary N) is 2. The number of guanidine groups is 1. The van der Waals surface area contributed by atoms with Crippen molar-refractivity contribution < 1.29 is 4.79 Å². The van der Waals surface area contributed by atoms with Crippen LogP contribution >= 0.6 is 39.9 Å². The van der Waals surface area contributed by atoms with Crippen LogP contribution < -0.4 is 10.6 Å². The van der Waals surface area contributed by atoms with Gasteiger partial charge in [-0.1, -0.05) is 35.0 Å². The van der Waals surface area contributed by atoms with E-state index >= 15 is 0 Å². The number of halogens is 2. The van der Waals surface area contributed by atoms with Crippen molar-refractivity contribution in [3.05, 3.63) is 34.3 Å². The number of benzene rings is 1. The van der Waals surface area contributed by atoms with E-state index in [2.05, 4.69) is 57.8 Å². The Labute approximate surface area is 187 Å². The largest absolute Gasteiger partial charge is 0.357 e. The second-order valence-corrected chi connectivity index (χ2v) is 8.22. The molecule has 1 amide bonds. The monoisotopic (exact) mass is 548 g/mol. The summed E-state index contributed by atoms with van der Waals surface area (Å²) in [5.41, 5.74) is 1.55. The fourth-order valence-corrected chi connectivity index (χ4v) is 3.98. The van der Waals surface area contributed by atoms with Gasteiger partial charge in [0, 0.05) is 42.0 Å². The van der Waals surface area contributed by atoms with E-state index in [0.29, 0.717) is 6.42 Å². The van der Waals surface area contributed by atoms with Gasteiger partial charge in [-0.15, -0.1) is 24.0 Å². The van der Waals surface area contributed by atoms with Crippen LogP contribution in [-0.2, 0) is 10.2 Å². The molecule has 3 rings (SSSR count). The van der Waals surface area contributed by atoms with Crippen LogP contribution in [0.15, 0.2) is 33.7 Å². The highest BCUT2D eigenvalue weighted by Crippen LogP contribution is 2.48. The van der Waals surface area contributed by atoms with Crippen molar-refractivity contribution in [2.24, 2.45) is 4.99 Å². The topological polar surface area (TPSA) is 56.7 Å². The molecule has 1 aromatic carbocycles. The molecule has 1 aliphatic carbocycles. The standard InChI is InChI=1S/C20H29BrN4O.HI/c1-3-18(26)25-11-8-17(13-25)24-19(22-4-2)23-14-20(9-10-20)15-6-5-7-16(21)12-15;/h5-7,12,17H,3-4,8-11,13-14H2,1-2H3,(H2,22,23,24);1H. The molecule has 2 fully saturated rings. The van der Waals surface area contributed by atoms with E-state index in [1.54, 1.807) is 0 Å². The number of hydrogen-bond donors (Lipinski definition) is 2. The quantitative estimate of drug-likeness (QED) is 0.324. The molecule has 1 unspecified atom stereocenters. The molecule has 1 heterocycles. The number of nitrogens with zero attached hydrogens (tertiary/aromatic N) is 2. The lowest BCUT2D eigenvalue weighted by atomic mass is 9.96. The third-order valence-corrected chi connectivity index (χ3v) is 5.85. The lowest BCUT2D eigenvalue weighted by Gasteiger charge is -2.20. The van der Waals surface area contributed by atoms with E-state index in [1.165, 1.54) is 18.4 Å². The van der Waals surface area contributed by atoms with E-state index < -0.39 is 0 Å². The van der Waals surface area contributed by atoms with E-state index in [4.69, 9.17) is 4.99 Å². The zero-order valence-electron chi connectivity index (χ0n) is 16.1. The van der Waals surface area contributed by atoms with Gasteiger partial charge in [0.05, 0.1) is 6.54 Å². The number of hydrogen-bond acceptors (Lipinski definition) is 2. The number of likely N-dealkylation sites (tertiary alicyclic amines) is 1. The zero-order chi connectivity index (χ0) is 18.6. The normalized spacial score (nSPS) is 20.8. The van der Waals surface area contributed by atoms with Gasteiger partial charge in [0.15, 0.2) is 5.96 Å². The first-order chi connectivity index (χ1) is 12.6. The van der Waals surface area contributed by atoms with E-state index in [-0.39, 0.29) is 41.3 Å². The number of aliphatic imine (C=N–C) groups is 1. The number of rotatable bonds is 6. The first-order valence-electron chi connectivity index (χ1n) is 9.65. The van der Waals surface area contributed by atoms with Crippen molar-refractivity contribution in [1.82, 2.24) is 15.5 Å². The second-order valence-electron chi connectivity index (χ2n) is 7.31. The van der Waals surface area contributed by atoms with Crippen LogP contribution in [0.2, 0.25) is 0 Å². The summed E-state index contributed by atoms with van der Waals surface area (Å²) in [6.45, 7) is 7.24. The van der Waals surface area contributed by atoms with Crippen LogP contribution in [0.4, 0.5) is 0 Å². The summed E-state index contributed by atoms with van der Waals surface area (Å²) >= 11 is 3.58. The summed E-state index contributed by atoms with van der Waals surface area (Å²) < 4.78 is 1.13. The second kappa shape index (κ2) is 10.1. The molecular formula is C20H30BrIN4O. The molecule has 1 aromatic rings. The highest BCUT2D eigenvalue weighted by molar-refractivity contribution is 14.0. The molecule has 1 saturated carbocycles. The Kier molecular flexibility index (Phi) is 8.39. The Morgan fingerprint density at radius 3 is 2.78 bits per heavy atom. The Balaban J connectivity index is 0.00000261. The third kappa shape index (κ3) is 5.82. The summed E-state index contributed by atoms with van der Waals surface area (Å²) in [5.74, 6) is 1.10. The maximum Gasteiger partial charge on any atom is 0.222 e. The van der Waals surface area contributed by atoms with Gasteiger partial charge in [-0.25, -0.2) is 0 Å². The van der Waals surface area contributed by atoms with Crippen molar-refractivity contribution in [3.63, 3.8) is 0 Å². The van der Waals surface area contributed by atoms with Gasteiger partial charge in [0.2, 0.25) is 5.91 Å². The number of amides is 1. The zero-order valence-corrected chi connectivity index (χ0v) is 20.0. The minimum atomic E-state index is 0. The molecule has 150 valence electrons. The molecule has 1 aliphatic heterocycles. The van der Waals surface area contributed by atoms with Gasteiger partial charge in [0.25, 0.3) is 0 Å². The average Bonchev–Trinajstić information content (AvgIpc) is 3.30. The van der Waals surface area contributed by atoms with Crippen molar-refractivity contribution in [1.29, 1.82) is 0 Å². The molecule has 0 aromatic heterocycles. The fraction of sp³-hybridized carbons (Fsp3) is 0.600. The molecule has 27 heavy (non-hydrogen) atoms. The molecule has 1 saturated heterocycles. The fourth-order valence-electron chi connectivity index (χ4n) is 3.58. The van der Waals surface area contributed by atoms with Crippen molar-refractivity contribution >= 4 is 51.8 Å². The minimum Gasteiger partial charge on any atom is -0.357 e. The maximum atomic E-state index is 11.9. The van der Waals surface area contributed by atoms with E-state index in [9.17, 15) is 4.79 Å². The smallest absolute Gasteiger partial charge is 0.222 e. The molecule has 0 radical (unpaired) electrons. The average molecular weight is 549 g/mol. The van der Waals surface area contributed by atoms with Crippen LogP contribution in [0.1, 0.15) is 45.1 Å². The predicted molar refractivity (Wildman–Crippen MR) is 125 cm³/mol. The molecule has 0 bridgehead atoms. The summed E-state index contributed by atoms with van der Waals surface area (Å²) in [6, 6.07) is 8.87. The van der Waals surface area contributed by atoms with Crippen molar-refractivity contribution in [2.45, 2.75) is 51.0 Å². The highest BCUT2D eigenvalue weighted by atomic mass is 127. The molecular weight excluding hydrogens is 519 g/mol. The van der Waals surface area contributed by atoms with Gasteiger partial charge < -0.3 is 15.5 Å². The SMILES string of the molecule is CCNC(=NCC1(c2cccc(Br)c2)CC1)NC1CCN(C(=O)CC)C1.I. The Morgan fingerprint density at radius 2 is 2.15 bits per heavy atom. The highest BCUT2D eigenvalue weighted by Gasteiger charge is 2.44. The summed E-state index contributed by atoms with van der Waals surface area (Å²) in [6.07, 6.45) is 3.94. The Bertz CT molecular complexity index is 678. The van der Waals surface area contributed by atoms with Crippen molar-refractivity contribution in [3.8, 4) is 0 Å². The maximum absolute atomic E-state index is 11.9. The van der Waals surface area contributed by atoms with E-state index in [1.807, 2.05) is 11.8 Å². The summed E-state index contributed by atoms with van der Waals surface area (Å²) in [7, 11) is 0. The summed E-state index contributed by atoms with van der Waals surface area (Å²) in [4.78, 5) is 18.7. The van der Waals surface area contributed by atoms with Gasteiger partial charge in [-0.05, 0) is 43.9 Å². The molecule has 0 spiro atoms. The summed E-state index contributed by atoms with van der Waals surface area (Å²) in [5, 5.41) is 6.88. The van der Waals surface area contributed by atoms with Crippen LogP contribution in [0, 0.1) is 0 Å². The first kappa shape index (κ1) is 22.5. The van der Waals surface area contributed by atoms with Crippen LogP contribution in [0.3, 0.4) is 0 Å². The van der Waals surface area contributed by atoms with Crippen molar-refractivity contribution in [2.75, 3.05) is 26.2 Å². The lowest BCUT2D eigenvalue weighted by Crippen LogP contribution is -2.45. The Hall–Kier alpha value is -0.830. The first-order valence-corrected chi connectivity index (χ1v) is 10.4. The van der Waals surface area contributed by atoms with Gasteiger partial charge >= 0.3 is 0 Å². The molecule has 1 atom stereocenters. The van der Waals surface area contributed by atoms with Gasteiger partial charge in [-0.2, -0.15) is 0 Å². The molecule has 7 heteroatoms. The van der Waals surface area contributed by atoms with Crippen LogP contribution in [0.5, 0.6) is 0 Å². The molecule has 5 nitrogen and oxygen atoms in total. The number of carbonyl (C=O) groups is 1. The van der Waals surface area contributed by atoms with E-state index in [0.717, 1.165) is 43.0 Å². The van der Waals surface area contributed by atoms with Crippen LogP contribution in [-0.4, -0.2) is 49.0 Å². The van der Waals surface area contributed by atoms with Crippen LogP contribution in [0.25, 0.3) is 0 Å². The number of carbonyl (C=O) groups excluding carboxylic acids is 1. The predicted octanol–water partition coefficient (Wildman–Crippen LogP) is 3.66. The molecule has 2 N–H and O–H groups in total. The third-order valence-electron chi connectivity index (χ3n) is 5.36. The van der Waals surface area contributed by atoms with Gasteiger partial charge in [0.1, 0.15) is 0 Å². The lowest BCUT2D eigenvalue weighted by molar-refractivity contribution is -0.129. The molecule has 2 aliphatic rings.